The summed E-state index contributed by atoms with van der Waals surface area (Å²) in [5, 5.41) is 3.72. The van der Waals surface area contributed by atoms with Crippen LogP contribution in [-0.4, -0.2) is 30.9 Å². The lowest BCUT2D eigenvalue weighted by molar-refractivity contribution is 0.102. The highest BCUT2D eigenvalue weighted by molar-refractivity contribution is 9.10. The summed E-state index contributed by atoms with van der Waals surface area (Å²) in [4.78, 5) is 16.7. The summed E-state index contributed by atoms with van der Waals surface area (Å²) in [7, 11) is 1.55. The number of ether oxygens (including phenoxy) is 2. The fraction of sp³-hybridized carbons (Fsp3) is 0.294. The molecule has 0 spiro atoms. The van der Waals surface area contributed by atoms with Gasteiger partial charge in [-0.25, -0.2) is 4.98 Å². The van der Waals surface area contributed by atoms with Crippen LogP contribution in [-0.2, 0) is 0 Å². The number of carbonyl (C=O) groups excluding carboxylic acids is 1. The molecule has 7 heteroatoms. The standard InChI is InChI=1S/C17H19BrN2O3S/c1-4-7-23-16-13(18)8-11(9-14(16)22-2)17(21)20-12-5-6-15(24-3)19-10-12/h5-6,8-10H,4,7H2,1-3H3,(H,20,21). The molecule has 1 aromatic carbocycles. The van der Waals surface area contributed by atoms with Gasteiger partial charge in [0.05, 0.1) is 35.1 Å². The van der Waals surface area contributed by atoms with Crippen LogP contribution in [0.5, 0.6) is 11.5 Å². The second-order valence-corrected chi connectivity index (χ2v) is 6.56. The van der Waals surface area contributed by atoms with Crippen LogP contribution in [0, 0.1) is 0 Å². The minimum absolute atomic E-state index is 0.241. The van der Waals surface area contributed by atoms with Crippen molar-refractivity contribution in [2.24, 2.45) is 0 Å². The molecule has 0 radical (unpaired) electrons. The summed E-state index contributed by atoms with van der Waals surface area (Å²) in [5.41, 5.74) is 1.11. The molecule has 24 heavy (non-hydrogen) atoms. The number of nitrogens with one attached hydrogen (secondary N) is 1. The van der Waals surface area contributed by atoms with Crippen molar-refractivity contribution in [2.75, 3.05) is 25.3 Å². The van der Waals surface area contributed by atoms with Gasteiger partial charge in [0, 0.05) is 5.56 Å². The number of amides is 1. The maximum atomic E-state index is 12.5. The molecule has 0 aliphatic carbocycles. The van der Waals surface area contributed by atoms with Crippen LogP contribution >= 0.6 is 27.7 Å². The number of anilines is 1. The molecule has 1 heterocycles. The summed E-state index contributed by atoms with van der Waals surface area (Å²) in [6.45, 7) is 2.60. The number of pyridine rings is 1. The van der Waals surface area contributed by atoms with Crippen LogP contribution in [0.25, 0.3) is 0 Å². The first-order chi connectivity index (χ1) is 11.6. The number of methoxy groups -OCH3 is 1. The molecule has 5 nitrogen and oxygen atoms in total. The molecule has 0 saturated heterocycles. The van der Waals surface area contributed by atoms with Crippen molar-refractivity contribution in [3.63, 3.8) is 0 Å². The quantitative estimate of drug-likeness (QED) is 0.674. The zero-order chi connectivity index (χ0) is 17.5. The Labute approximate surface area is 154 Å². The number of hydrogen-bond donors (Lipinski definition) is 1. The van der Waals surface area contributed by atoms with Gasteiger partial charge in [0.2, 0.25) is 0 Å². The van der Waals surface area contributed by atoms with Crippen LogP contribution < -0.4 is 14.8 Å². The Balaban J connectivity index is 2.20. The van der Waals surface area contributed by atoms with E-state index in [1.54, 1.807) is 37.2 Å². The second-order valence-electron chi connectivity index (χ2n) is 4.88. The number of aromatic nitrogens is 1. The van der Waals surface area contributed by atoms with Gasteiger partial charge in [-0.3, -0.25) is 4.79 Å². The molecule has 0 unspecified atom stereocenters. The number of hydrogen-bond acceptors (Lipinski definition) is 5. The first-order valence-electron chi connectivity index (χ1n) is 7.40. The summed E-state index contributed by atoms with van der Waals surface area (Å²) >= 11 is 4.99. The molecule has 0 aliphatic heterocycles. The summed E-state index contributed by atoms with van der Waals surface area (Å²) < 4.78 is 11.7. The Bertz CT molecular complexity index is 708. The highest BCUT2D eigenvalue weighted by Crippen LogP contribution is 2.37. The molecule has 0 atom stereocenters. The van der Waals surface area contributed by atoms with E-state index in [4.69, 9.17) is 9.47 Å². The van der Waals surface area contributed by atoms with Gasteiger partial charge < -0.3 is 14.8 Å². The molecule has 0 bridgehead atoms. The van der Waals surface area contributed by atoms with Crippen LogP contribution in [0.2, 0.25) is 0 Å². The number of carbonyl (C=O) groups is 1. The molecule has 2 aromatic rings. The molecule has 1 aromatic heterocycles. The van der Waals surface area contributed by atoms with Crippen LogP contribution in [0.15, 0.2) is 40.0 Å². The number of halogens is 1. The normalized spacial score (nSPS) is 10.3. The third-order valence-electron chi connectivity index (χ3n) is 3.15. The van der Waals surface area contributed by atoms with Crippen molar-refractivity contribution in [1.29, 1.82) is 0 Å². The topological polar surface area (TPSA) is 60.5 Å². The van der Waals surface area contributed by atoms with Gasteiger partial charge in [0.25, 0.3) is 5.91 Å². The average Bonchev–Trinajstić information content (AvgIpc) is 2.60. The SMILES string of the molecule is CCCOc1c(Br)cc(C(=O)Nc2ccc(SC)nc2)cc1OC. The Hall–Kier alpha value is -1.73. The molecule has 0 saturated carbocycles. The molecule has 1 N–H and O–H groups in total. The predicted octanol–water partition coefficient (Wildman–Crippen LogP) is 4.62. The first kappa shape index (κ1) is 18.6. The number of benzene rings is 1. The molecule has 2 rings (SSSR count). The molecule has 0 fully saturated rings. The average molecular weight is 411 g/mol. The van der Waals surface area contributed by atoms with Gasteiger partial charge >= 0.3 is 0 Å². The second kappa shape index (κ2) is 8.94. The van der Waals surface area contributed by atoms with Crippen molar-refractivity contribution in [3.8, 4) is 11.5 Å². The van der Waals surface area contributed by atoms with E-state index in [1.807, 2.05) is 25.3 Å². The first-order valence-corrected chi connectivity index (χ1v) is 9.42. The van der Waals surface area contributed by atoms with E-state index in [9.17, 15) is 4.79 Å². The van der Waals surface area contributed by atoms with E-state index < -0.39 is 0 Å². The van der Waals surface area contributed by atoms with Crippen molar-refractivity contribution in [3.05, 3.63) is 40.5 Å². The number of rotatable bonds is 7. The van der Waals surface area contributed by atoms with Crippen molar-refractivity contribution in [1.82, 2.24) is 4.98 Å². The zero-order valence-electron chi connectivity index (χ0n) is 13.8. The molecule has 1 amide bonds. The fourth-order valence-corrected chi connectivity index (χ4v) is 2.89. The molecular formula is C17H19BrN2O3S. The van der Waals surface area contributed by atoms with Crippen molar-refractivity contribution in [2.45, 2.75) is 18.4 Å². The highest BCUT2D eigenvalue weighted by atomic mass is 79.9. The lowest BCUT2D eigenvalue weighted by Crippen LogP contribution is -2.12. The Morgan fingerprint density at radius 1 is 1.38 bits per heavy atom. The largest absolute Gasteiger partial charge is 0.493 e. The fourth-order valence-electron chi connectivity index (χ4n) is 1.97. The smallest absolute Gasteiger partial charge is 0.255 e. The Morgan fingerprint density at radius 3 is 2.75 bits per heavy atom. The van der Waals surface area contributed by atoms with Gasteiger partial charge in [0.1, 0.15) is 0 Å². The molecular weight excluding hydrogens is 392 g/mol. The van der Waals surface area contributed by atoms with Crippen LogP contribution in [0.1, 0.15) is 23.7 Å². The van der Waals surface area contributed by atoms with E-state index in [-0.39, 0.29) is 5.91 Å². The van der Waals surface area contributed by atoms with E-state index >= 15 is 0 Å². The number of thioether (sulfide) groups is 1. The zero-order valence-corrected chi connectivity index (χ0v) is 16.2. The summed E-state index contributed by atoms with van der Waals surface area (Å²) in [5.74, 6) is 0.871. The maximum absolute atomic E-state index is 12.5. The molecule has 128 valence electrons. The van der Waals surface area contributed by atoms with E-state index in [1.165, 1.54) is 0 Å². The van der Waals surface area contributed by atoms with Gasteiger partial charge in [-0.2, -0.15) is 0 Å². The van der Waals surface area contributed by atoms with Gasteiger partial charge in [-0.1, -0.05) is 6.92 Å². The lowest BCUT2D eigenvalue weighted by Gasteiger charge is -2.14. The van der Waals surface area contributed by atoms with Crippen molar-refractivity contribution < 1.29 is 14.3 Å². The third kappa shape index (κ3) is 4.64. The molecule has 0 aliphatic rings. The summed E-state index contributed by atoms with van der Waals surface area (Å²) in [6.07, 6.45) is 4.47. The van der Waals surface area contributed by atoms with Gasteiger partial charge in [0.15, 0.2) is 11.5 Å². The third-order valence-corrected chi connectivity index (χ3v) is 4.39. The summed E-state index contributed by atoms with van der Waals surface area (Å²) in [6, 6.07) is 7.06. The minimum atomic E-state index is -0.241. The van der Waals surface area contributed by atoms with Gasteiger partial charge in [-0.05, 0) is 52.9 Å². The maximum Gasteiger partial charge on any atom is 0.255 e. The predicted molar refractivity (Wildman–Crippen MR) is 100 cm³/mol. The monoisotopic (exact) mass is 410 g/mol. The van der Waals surface area contributed by atoms with Crippen molar-refractivity contribution >= 4 is 39.3 Å². The number of nitrogens with zero attached hydrogens (tertiary/aromatic N) is 1. The van der Waals surface area contributed by atoms with Gasteiger partial charge in [-0.15, -0.1) is 11.8 Å². The van der Waals surface area contributed by atoms with E-state index in [0.29, 0.717) is 33.8 Å². The minimum Gasteiger partial charge on any atom is -0.493 e. The Kier molecular flexibility index (Phi) is 6.93. The highest BCUT2D eigenvalue weighted by Gasteiger charge is 2.16. The van der Waals surface area contributed by atoms with Crippen LogP contribution in [0.4, 0.5) is 5.69 Å². The lowest BCUT2D eigenvalue weighted by atomic mass is 10.2. The Morgan fingerprint density at radius 2 is 2.17 bits per heavy atom. The van der Waals surface area contributed by atoms with E-state index in [0.717, 1.165) is 11.4 Å². The van der Waals surface area contributed by atoms with Crippen LogP contribution in [0.3, 0.4) is 0 Å². The van der Waals surface area contributed by atoms with E-state index in [2.05, 4.69) is 26.2 Å².